The first-order valence-electron chi connectivity index (χ1n) is 10.1. The summed E-state index contributed by atoms with van der Waals surface area (Å²) in [7, 11) is 0. The van der Waals surface area contributed by atoms with E-state index in [1.54, 1.807) is 42.1 Å². The molecule has 0 atom stereocenters. The number of ether oxygens (including phenoxy) is 1. The zero-order chi connectivity index (χ0) is 22.8. The van der Waals surface area contributed by atoms with Crippen molar-refractivity contribution in [1.29, 1.82) is 0 Å². The maximum Gasteiger partial charge on any atom is 0.234 e. The highest BCUT2D eigenvalue weighted by molar-refractivity contribution is 7.99. The molecule has 0 saturated heterocycles. The minimum atomic E-state index is -0.206. The van der Waals surface area contributed by atoms with Crippen LogP contribution in [-0.2, 0) is 22.8 Å². The molecule has 0 unspecified atom stereocenters. The largest absolute Gasteiger partial charge is 0.494 e. The van der Waals surface area contributed by atoms with E-state index >= 15 is 0 Å². The van der Waals surface area contributed by atoms with E-state index in [-0.39, 0.29) is 17.5 Å². The van der Waals surface area contributed by atoms with Gasteiger partial charge >= 0.3 is 0 Å². The first kappa shape index (κ1) is 23.9. The molecule has 2 aromatic carbocycles. The number of halogens is 1. The summed E-state index contributed by atoms with van der Waals surface area (Å²) in [6, 6.07) is 14.0. The Labute approximate surface area is 195 Å². The van der Waals surface area contributed by atoms with Gasteiger partial charge in [-0.25, -0.2) is 4.39 Å². The summed E-state index contributed by atoms with van der Waals surface area (Å²) in [6.07, 6.45) is 1.76. The molecule has 32 heavy (non-hydrogen) atoms. The third-order valence-electron chi connectivity index (χ3n) is 4.33. The lowest BCUT2D eigenvalue weighted by Crippen LogP contribution is -2.14. The van der Waals surface area contributed by atoms with Crippen molar-refractivity contribution in [3.63, 3.8) is 0 Å². The Morgan fingerprint density at radius 3 is 2.69 bits per heavy atom. The zero-order valence-electron chi connectivity index (χ0n) is 17.8. The van der Waals surface area contributed by atoms with E-state index in [1.165, 1.54) is 17.8 Å². The Morgan fingerprint density at radius 1 is 1.19 bits per heavy atom. The molecule has 0 aliphatic carbocycles. The fourth-order valence-electron chi connectivity index (χ4n) is 2.84. The van der Waals surface area contributed by atoms with Crippen LogP contribution in [0.5, 0.6) is 5.75 Å². The topological polar surface area (TPSA) is 69.0 Å². The lowest BCUT2D eigenvalue weighted by atomic mass is 10.2. The van der Waals surface area contributed by atoms with Crippen molar-refractivity contribution in [1.82, 2.24) is 14.8 Å². The molecule has 0 fully saturated rings. The van der Waals surface area contributed by atoms with Gasteiger partial charge in [0.25, 0.3) is 0 Å². The number of benzene rings is 2. The Hall–Kier alpha value is -2.78. The van der Waals surface area contributed by atoms with Gasteiger partial charge in [0.1, 0.15) is 17.4 Å². The molecule has 168 valence electrons. The van der Waals surface area contributed by atoms with E-state index in [1.807, 2.05) is 29.7 Å². The van der Waals surface area contributed by atoms with E-state index < -0.39 is 0 Å². The van der Waals surface area contributed by atoms with Crippen molar-refractivity contribution in [3.8, 4) is 5.75 Å². The Balaban J connectivity index is 1.54. The third kappa shape index (κ3) is 6.86. The van der Waals surface area contributed by atoms with Crippen molar-refractivity contribution in [2.24, 2.45) is 0 Å². The molecule has 1 heterocycles. The van der Waals surface area contributed by atoms with E-state index in [2.05, 4.69) is 22.1 Å². The van der Waals surface area contributed by atoms with Gasteiger partial charge in [-0.05, 0) is 42.8 Å². The maximum atomic E-state index is 13.8. The maximum absolute atomic E-state index is 13.8. The molecule has 0 aliphatic rings. The standard InChI is InChI=1S/C23H25FN4O2S2/c1-3-13-28-21(15-31-14-17-7-5-6-8-20(17)24)26-27-23(28)32-16-22(29)25-18-9-11-19(12-10-18)30-4-2/h3,5-12H,1,4,13-16H2,2H3,(H,25,29). The highest BCUT2D eigenvalue weighted by atomic mass is 32.2. The first-order chi connectivity index (χ1) is 15.6. The molecule has 3 rings (SSSR count). The summed E-state index contributed by atoms with van der Waals surface area (Å²) in [5.41, 5.74) is 1.37. The van der Waals surface area contributed by atoms with Crippen molar-refractivity contribution in [2.45, 2.75) is 30.1 Å². The van der Waals surface area contributed by atoms with Gasteiger partial charge in [0.15, 0.2) is 5.16 Å². The summed E-state index contributed by atoms with van der Waals surface area (Å²) in [4.78, 5) is 12.4. The van der Waals surface area contributed by atoms with E-state index in [4.69, 9.17) is 4.74 Å². The number of thioether (sulfide) groups is 2. The van der Waals surface area contributed by atoms with Gasteiger partial charge in [-0.15, -0.1) is 28.5 Å². The van der Waals surface area contributed by atoms with E-state index in [0.29, 0.717) is 41.1 Å². The molecule has 0 radical (unpaired) electrons. The Bertz CT molecular complexity index is 1040. The lowest BCUT2D eigenvalue weighted by molar-refractivity contribution is -0.113. The number of nitrogens with zero attached hydrogens (tertiary/aromatic N) is 3. The number of aromatic nitrogens is 3. The molecular weight excluding hydrogens is 447 g/mol. The highest BCUT2D eigenvalue weighted by Crippen LogP contribution is 2.23. The van der Waals surface area contributed by atoms with Crippen LogP contribution in [0.15, 0.2) is 66.3 Å². The molecule has 3 aromatic rings. The van der Waals surface area contributed by atoms with Crippen molar-refractivity contribution in [3.05, 3.63) is 78.4 Å². The number of carbonyl (C=O) groups excluding carboxylic acids is 1. The molecule has 0 bridgehead atoms. The van der Waals surface area contributed by atoms with Crippen molar-refractivity contribution in [2.75, 3.05) is 17.7 Å². The third-order valence-corrected chi connectivity index (χ3v) is 6.28. The minimum absolute atomic E-state index is 0.136. The number of amides is 1. The number of hydrogen-bond donors (Lipinski definition) is 1. The van der Waals surface area contributed by atoms with Crippen LogP contribution in [0.4, 0.5) is 10.1 Å². The molecule has 1 aromatic heterocycles. The van der Waals surface area contributed by atoms with E-state index in [0.717, 1.165) is 11.6 Å². The van der Waals surface area contributed by atoms with Crippen LogP contribution in [-0.4, -0.2) is 33.0 Å². The molecule has 0 saturated carbocycles. The summed E-state index contributed by atoms with van der Waals surface area (Å²) >= 11 is 2.88. The zero-order valence-corrected chi connectivity index (χ0v) is 19.4. The van der Waals surface area contributed by atoms with Crippen LogP contribution in [0.3, 0.4) is 0 Å². The molecule has 1 N–H and O–H groups in total. The molecule has 6 nitrogen and oxygen atoms in total. The number of hydrogen-bond acceptors (Lipinski definition) is 6. The van der Waals surface area contributed by atoms with Crippen LogP contribution in [0.1, 0.15) is 18.3 Å². The van der Waals surface area contributed by atoms with Crippen LogP contribution in [0.25, 0.3) is 0 Å². The second-order valence-corrected chi connectivity index (χ2v) is 8.60. The average molecular weight is 473 g/mol. The summed E-state index contributed by atoms with van der Waals surface area (Å²) < 4.78 is 21.1. The molecule has 1 amide bonds. The number of anilines is 1. The Morgan fingerprint density at radius 2 is 1.97 bits per heavy atom. The van der Waals surface area contributed by atoms with E-state index in [9.17, 15) is 9.18 Å². The predicted molar refractivity (Wildman–Crippen MR) is 129 cm³/mol. The SMILES string of the molecule is C=CCn1c(CSCc2ccccc2F)nnc1SCC(=O)Nc1ccc(OCC)cc1. The number of allylic oxidation sites excluding steroid dienone is 1. The van der Waals surface area contributed by atoms with Crippen LogP contribution in [0, 0.1) is 5.82 Å². The first-order valence-corrected chi connectivity index (χ1v) is 12.2. The fourth-order valence-corrected chi connectivity index (χ4v) is 4.56. The van der Waals surface area contributed by atoms with Gasteiger partial charge in [-0.2, -0.15) is 0 Å². The number of carbonyl (C=O) groups is 1. The molecule has 0 spiro atoms. The van der Waals surface area contributed by atoms with Crippen molar-refractivity contribution >= 4 is 35.1 Å². The second-order valence-electron chi connectivity index (χ2n) is 6.68. The Kier molecular flexibility index (Phi) is 9.18. The fraction of sp³-hybridized carbons (Fsp3) is 0.261. The van der Waals surface area contributed by atoms with Gasteiger partial charge in [-0.1, -0.05) is 36.0 Å². The van der Waals surface area contributed by atoms with Crippen molar-refractivity contribution < 1.29 is 13.9 Å². The van der Waals surface area contributed by atoms with Crippen LogP contribution >= 0.6 is 23.5 Å². The normalized spacial score (nSPS) is 10.7. The minimum Gasteiger partial charge on any atom is -0.494 e. The smallest absolute Gasteiger partial charge is 0.234 e. The average Bonchev–Trinajstić information content (AvgIpc) is 3.17. The van der Waals surface area contributed by atoms with Gasteiger partial charge in [0.05, 0.1) is 18.1 Å². The van der Waals surface area contributed by atoms with Crippen LogP contribution < -0.4 is 10.1 Å². The second kappa shape index (κ2) is 12.3. The van der Waals surface area contributed by atoms with Gasteiger partial charge in [0, 0.05) is 18.0 Å². The number of nitrogens with one attached hydrogen (secondary N) is 1. The monoisotopic (exact) mass is 472 g/mol. The summed E-state index contributed by atoms with van der Waals surface area (Å²) in [5.74, 6) is 2.50. The van der Waals surface area contributed by atoms with Gasteiger partial charge < -0.3 is 14.6 Å². The lowest BCUT2D eigenvalue weighted by Gasteiger charge is -2.09. The quantitative estimate of drug-likeness (QED) is 0.290. The summed E-state index contributed by atoms with van der Waals surface area (Å²) in [6.45, 7) is 6.85. The molecule has 9 heteroatoms. The highest BCUT2D eigenvalue weighted by Gasteiger charge is 2.14. The van der Waals surface area contributed by atoms with Gasteiger partial charge in [0.2, 0.25) is 5.91 Å². The van der Waals surface area contributed by atoms with Gasteiger partial charge in [-0.3, -0.25) is 4.79 Å². The molecule has 0 aliphatic heterocycles. The summed E-state index contributed by atoms with van der Waals surface area (Å²) in [5, 5.41) is 12.0. The predicted octanol–water partition coefficient (Wildman–Crippen LogP) is 5.17. The number of rotatable bonds is 12. The van der Waals surface area contributed by atoms with Crippen LogP contribution in [0.2, 0.25) is 0 Å². The molecular formula is C23H25FN4O2S2.